The molecule has 0 amide bonds. The Hall–Kier alpha value is -2.36. The van der Waals surface area contributed by atoms with E-state index in [0.29, 0.717) is 13.2 Å². The molecule has 0 heterocycles. The van der Waals surface area contributed by atoms with Crippen LogP contribution in [0.25, 0.3) is 0 Å². The Morgan fingerprint density at radius 1 is 0.955 bits per heavy atom. The molecule has 0 aliphatic heterocycles. The van der Waals surface area contributed by atoms with E-state index in [0.717, 1.165) is 34.1 Å². The largest absolute Gasteiger partial charge is 0.497 e. The van der Waals surface area contributed by atoms with Gasteiger partial charge in [0.25, 0.3) is 0 Å². The maximum Gasteiger partial charge on any atom is 0.142 e. The number of nitrogens with one attached hydrogen (secondary N) is 1. The first kappa shape index (κ1) is 16.0. The molecule has 0 atom stereocenters. The van der Waals surface area contributed by atoms with Gasteiger partial charge >= 0.3 is 0 Å². The van der Waals surface area contributed by atoms with E-state index in [9.17, 15) is 0 Å². The molecule has 0 aromatic heterocycles. The van der Waals surface area contributed by atoms with Crippen molar-refractivity contribution < 1.29 is 14.2 Å². The molecule has 0 spiro atoms. The first-order valence-corrected chi connectivity index (χ1v) is 7.30. The summed E-state index contributed by atoms with van der Waals surface area (Å²) in [6, 6.07) is 11.8. The summed E-state index contributed by atoms with van der Waals surface area (Å²) in [6.45, 7) is 5.37. The molecule has 2 aromatic carbocycles. The summed E-state index contributed by atoms with van der Waals surface area (Å²) in [4.78, 5) is 0. The van der Waals surface area contributed by atoms with Crippen LogP contribution in [0.3, 0.4) is 0 Å². The highest BCUT2D eigenvalue weighted by Gasteiger charge is 2.06. The van der Waals surface area contributed by atoms with Crippen LogP contribution < -0.4 is 19.5 Å². The third kappa shape index (κ3) is 3.85. The summed E-state index contributed by atoms with van der Waals surface area (Å²) in [5, 5.41) is 3.32. The van der Waals surface area contributed by atoms with E-state index in [2.05, 4.69) is 31.3 Å². The lowest BCUT2D eigenvalue weighted by atomic mass is 10.1. The summed E-state index contributed by atoms with van der Waals surface area (Å²) in [6.07, 6.45) is 0. The Bertz CT molecular complexity index is 605. The predicted octanol–water partition coefficient (Wildman–Crippen LogP) is 3.81. The number of anilines is 1. The number of rotatable bonds is 7. The normalized spacial score (nSPS) is 10.2. The van der Waals surface area contributed by atoms with Crippen molar-refractivity contribution in [2.45, 2.75) is 13.8 Å². The molecule has 0 saturated carbocycles. The zero-order valence-corrected chi connectivity index (χ0v) is 13.6. The fourth-order valence-electron chi connectivity index (χ4n) is 2.32. The Kier molecular flexibility index (Phi) is 5.53. The van der Waals surface area contributed by atoms with Gasteiger partial charge in [0.15, 0.2) is 0 Å². The molecular formula is C18H23NO3. The number of hydrogen-bond donors (Lipinski definition) is 1. The highest BCUT2D eigenvalue weighted by Crippen LogP contribution is 2.28. The van der Waals surface area contributed by atoms with Crippen molar-refractivity contribution in [3.8, 4) is 17.2 Å². The van der Waals surface area contributed by atoms with Gasteiger partial charge in [-0.3, -0.25) is 0 Å². The van der Waals surface area contributed by atoms with Crippen LogP contribution in [0, 0.1) is 13.8 Å². The molecule has 0 unspecified atom stereocenters. The molecule has 0 aliphatic rings. The van der Waals surface area contributed by atoms with Crippen LogP contribution >= 0.6 is 0 Å². The smallest absolute Gasteiger partial charge is 0.142 e. The summed E-state index contributed by atoms with van der Waals surface area (Å²) in [5.41, 5.74) is 3.20. The van der Waals surface area contributed by atoms with Gasteiger partial charge in [-0.1, -0.05) is 18.2 Å². The van der Waals surface area contributed by atoms with Crippen LogP contribution in [0.4, 0.5) is 5.69 Å². The molecular weight excluding hydrogens is 278 g/mol. The van der Waals surface area contributed by atoms with Crippen LogP contribution in [0.1, 0.15) is 11.1 Å². The Morgan fingerprint density at radius 3 is 2.32 bits per heavy atom. The average molecular weight is 301 g/mol. The van der Waals surface area contributed by atoms with Gasteiger partial charge in [0.05, 0.1) is 19.9 Å². The minimum Gasteiger partial charge on any atom is -0.497 e. The van der Waals surface area contributed by atoms with E-state index in [1.54, 1.807) is 14.2 Å². The SMILES string of the molecule is COc1ccc(OC)c(NCCOc2c(C)cccc2C)c1. The maximum absolute atomic E-state index is 5.88. The van der Waals surface area contributed by atoms with Crippen LogP contribution in [0.15, 0.2) is 36.4 Å². The molecule has 2 rings (SSSR count). The van der Waals surface area contributed by atoms with Gasteiger partial charge in [0.2, 0.25) is 0 Å². The molecule has 4 heteroatoms. The van der Waals surface area contributed by atoms with Crippen molar-refractivity contribution >= 4 is 5.69 Å². The predicted molar refractivity (Wildman–Crippen MR) is 89.4 cm³/mol. The van der Waals surface area contributed by atoms with Crippen LogP contribution in [-0.2, 0) is 0 Å². The molecule has 0 bridgehead atoms. The van der Waals surface area contributed by atoms with Crippen LogP contribution in [0.5, 0.6) is 17.2 Å². The van der Waals surface area contributed by atoms with Gasteiger partial charge in [0.1, 0.15) is 23.9 Å². The van der Waals surface area contributed by atoms with Gasteiger partial charge in [-0.15, -0.1) is 0 Å². The Labute approximate surface area is 132 Å². The van der Waals surface area contributed by atoms with Crippen molar-refractivity contribution in [3.63, 3.8) is 0 Å². The van der Waals surface area contributed by atoms with E-state index >= 15 is 0 Å². The standard InChI is InChI=1S/C18H23NO3/c1-13-6-5-7-14(2)18(13)22-11-10-19-16-12-15(20-3)8-9-17(16)21-4/h5-9,12,19H,10-11H2,1-4H3. The fraction of sp³-hybridized carbons (Fsp3) is 0.333. The molecule has 0 aliphatic carbocycles. The Balaban J connectivity index is 1.94. The topological polar surface area (TPSA) is 39.7 Å². The number of benzene rings is 2. The maximum atomic E-state index is 5.88. The average Bonchev–Trinajstić information content (AvgIpc) is 2.53. The highest BCUT2D eigenvalue weighted by molar-refractivity contribution is 5.59. The number of aryl methyl sites for hydroxylation is 2. The number of para-hydroxylation sites is 1. The van der Waals surface area contributed by atoms with Crippen molar-refractivity contribution in [1.82, 2.24) is 0 Å². The second-order valence-electron chi connectivity index (χ2n) is 5.06. The van der Waals surface area contributed by atoms with Crippen molar-refractivity contribution in [2.24, 2.45) is 0 Å². The highest BCUT2D eigenvalue weighted by atomic mass is 16.5. The monoisotopic (exact) mass is 301 g/mol. The molecule has 22 heavy (non-hydrogen) atoms. The zero-order valence-electron chi connectivity index (χ0n) is 13.6. The molecule has 2 aromatic rings. The lowest BCUT2D eigenvalue weighted by Crippen LogP contribution is -2.13. The molecule has 0 saturated heterocycles. The molecule has 4 nitrogen and oxygen atoms in total. The summed E-state index contributed by atoms with van der Waals surface area (Å²) in [5.74, 6) is 2.54. The number of methoxy groups -OCH3 is 2. The number of ether oxygens (including phenoxy) is 3. The van der Waals surface area contributed by atoms with Gasteiger partial charge in [-0.05, 0) is 37.1 Å². The van der Waals surface area contributed by atoms with E-state index in [4.69, 9.17) is 14.2 Å². The van der Waals surface area contributed by atoms with E-state index in [1.807, 2.05) is 24.3 Å². The quantitative estimate of drug-likeness (QED) is 0.789. The zero-order chi connectivity index (χ0) is 15.9. The molecule has 1 N–H and O–H groups in total. The first-order valence-electron chi connectivity index (χ1n) is 7.30. The molecule has 0 radical (unpaired) electrons. The second-order valence-corrected chi connectivity index (χ2v) is 5.06. The molecule has 0 fully saturated rings. The van der Waals surface area contributed by atoms with Gasteiger partial charge in [-0.25, -0.2) is 0 Å². The molecule has 118 valence electrons. The lowest BCUT2D eigenvalue weighted by Gasteiger charge is -2.15. The third-order valence-electron chi connectivity index (χ3n) is 3.48. The number of hydrogen-bond acceptors (Lipinski definition) is 4. The second kappa shape index (κ2) is 7.59. The first-order chi connectivity index (χ1) is 10.7. The minimum atomic E-state index is 0.575. The van der Waals surface area contributed by atoms with E-state index in [-0.39, 0.29) is 0 Å². The Morgan fingerprint density at radius 2 is 1.68 bits per heavy atom. The van der Waals surface area contributed by atoms with Gasteiger partial charge in [0, 0.05) is 12.6 Å². The van der Waals surface area contributed by atoms with E-state index < -0.39 is 0 Å². The van der Waals surface area contributed by atoms with Crippen molar-refractivity contribution in [2.75, 3.05) is 32.7 Å². The van der Waals surface area contributed by atoms with E-state index in [1.165, 1.54) is 0 Å². The summed E-state index contributed by atoms with van der Waals surface area (Å²) in [7, 11) is 3.30. The van der Waals surface area contributed by atoms with Crippen molar-refractivity contribution in [3.05, 3.63) is 47.5 Å². The third-order valence-corrected chi connectivity index (χ3v) is 3.48. The van der Waals surface area contributed by atoms with Crippen molar-refractivity contribution in [1.29, 1.82) is 0 Å². The lowest BCUT2D eigenvalue weighted by molar-refractivity contribution is 0.328. The summed E-state index contributed by atoms with van der Waals surface area (Å²) < 4.78 is 16.5. The van der Waals surface area contributed by atoms with Crippen LogP contribution in [-0.4, -0.2) is 27.4 Å². The van der Waals surface area contributed by atoms with Crippen LogP contribution in [0.2, 0.25) is 0 Å². The minimum absolute atomic E-state index is 0.575. The fourth-order valence-corrected chi connectivity index (χ4v) is 2.32. The summed E-state index contributed by atoms with van der Waals surface area (Å²) >= 11 is 0. The van der Waals surface area contributed by atoms with Gasteiger partial charge in [-0.2, -0.15) is 0 Å². The van der Waals surface area contributed by atoms with Gasteiger partial charge < -0.3 is 19.5 Å².